The van der Waals surface area contributed by atoms with Crippen LogP contribution in [-0.2, 0) is 38.1 Å². The van der Waals surface area contributed by atoms with Gasteiger partial charge in [-0.2, -0.15) is 0 Å². The molecule has 0 spiro atoms. The molecule has 1 aliphatic heterocycles. The molecular formula is C52H93NO9. The van der Waals surface area contributed by atoms with Crippen LogP contribution in [-0.4, -0.2) is 81.6 Å². The van der Waals surface area contributed by atoms with Crippen molar-refractivity contribution in [2.24, 2.45) is 11.8 Å². The summed E-state index contributed by atoms with van der Waals surface area (Å²) in [5, 5.41) is 0. The van der Waals surface area contributed by atoms with Gasteiger partial charge in [-0.3, -0.25) is 14.4 Å². The Morgan fingerprint density at radius 2 is 0.887 bits per heavy atom. The lowest BCUT2D eigenvalue weighted by Gasteiger charge is -2.18. The molecule has 2 unspecified atom stereocenters. The SMILES string of the molecule is CCCCC/C=C\C/C=C\CCCCCCCC(=O)OCC(COC(=O)CCCCCCCCC(=O)OCC(CCCC)CCCCCC)COC(=O)OCCCN1CCCC1. The summed E-state index contributed by atoms with van der Waals surface area (Å²) in [6.07, 6.45) is 39.9. The van der Waals surface area contributed by atoms with E-state index in [0.29, 0.717) is 38.2 Å². The Kier molecular flexibility index (Phi) is 40.0. The molecule has 360 valence electrons. The molecule has 1 heterocycles. The van der Waals surface area contributed by atoms with Gasteiger partial charge in [0, 0.05) is 25.8 Å². The van der Waals surface area contributed by atoms with Gasteiger partial charge in [-0.05, 0) is 102 Å². The lowest BCUT2D eigenvalue weighted by atomic mass is 9.96. The minimum absolute atomic E-state index is 0.000640. The molecule has 1 aliphatic rings. The summed E-state index contributed by atoms with van der Waals surface area (Å²) in [6.45, 7) is 10.5. The number of unbranched alkanes of at least 4 members (excludes halogenated alkanes) is 17. The van der Waals surface area contributed by atoms with Crippen molar-refractivity contribution in [1.29, 1.82) is 0 Å². The molecule has 0 aromatic carbocycles. The van der Waals surface area contributed by atoms with Crippen LogP contribution in [0, 0.1) is 11.8 Å². The Morgan fingerprint density at radius 1 is 0.452 bits per heavy atom. The van der Waals surface area contributed by atoms with E-state index in [0.717, 1.165) is 116 Å². The highest BCUT2D eigenvalue weighted by molar-refractivity contribution is 5.70. The summed E-state index contributed by atoms with van der Waals surface area (Å²) < 4.78 is 27.4. The van der Waals surface area contributed by atoms with Gasteiger partial charge in [0.25, 0.3) is 0 Å². The third kappa shape index (κ3) is 37.7. The number of ether oxygens (including phenoxy) is 5. The van der Waals surface area contributed by atoms with E-state index in [1.807, 2.05) is 0 Å². The predicted molar refractivity (Wildman–Crippen MR) is 252 cm³/mol. The topological polar surface area (TPSA) is 118 Å². The van der Waals surface area contributed by atoms with E-state index in [9.17, 15) is 19.2 Å². The molecule has 0 saturated carbocycles. The fourth-order valence-corrected chi connectivity index (χ4v) is 7.66. The molecule has 0 aromatic rings. The highest BCUT2D eigenvalue weighted by atomic mass is 16.7. The number of rotatable bonds is 43. The van der Waals surface area contributed by atoms with Gasteiger partial charge in [0.05, 0.1) is 19.1 Å². The van der Waals surface area contributed by atoms with Gasteiger partial charge < -0.3 is 28.6 Å². The lowest BCUT2D eigenvalue weighted by Crippen LogP contribution is -2.27. The van der Waals surface area contributed by atoms with E-state index in [4.69, 9.17) is 23.7 Å². The molecule has 0 radical (unpaired) electrons. The quantitative estimate of drug-likeness (QED) is 0.0254. The van der Waals surface area contributed by atoms with Crippen molar-refractivity contribution in [3.05, 3.63) is 24.3 Å². The first-order valence-electron chi connectivity index (χ1n) is 25.7. The summed E-state index contributed by atoms with van der Waals surface area (Å²) in [5.74, 6) is -0.690. The number of nitrogens with zero attached hydrogens (tertiary/aromatic N) is 1. The second-order valence-electron chi connectivity index (χ2n) is 17.7. The molecule has 10 nitrogen and oxygen atoms in total. The van der Waals surface area contributed by atoms with Crippen LogP contribution in [0.3, 0.4) is 0 Å². The third-order valence-corrected chi connectivity index (χ3v) is 11.7. The van der Waals surface area contributed by atoms with Crippen LogP contribution in [0.4, 0.5) is 4.79 Å². The van der Waals surface area contributed by atoms with E-state index in [2.05, 4.69) is 50.0 Å². The average molecular weight is 876 g/mol. The summed E-state index contributed by atoms with van der Waals surface area (Å²) >= 11 is 0. The monoisotopic (exact) mass is 876 g/mol. The molecule has 0 aromatic heterocycles. The zero-order valence-corrected chi connectivity index (χ0v) is 40.2. The second-order valence-corrected chi connectivity index (χ2v) is 17.7. The Labute approximate surface area is 379 Å². The van der Waals surface area contributed by atoms with Gasteiger partial charge in [-0.25, -0.2) is 4.79 Å². The molecule has 1 rings (SSSR count). The maximum Gasteiger partial charge on any atom is 0.508 e. The van der Waals surface area contributed by atoms with Gasteiger partial charge >= 0.3 is 24.1 Å². The van der Waals surface area contributed by atoms with E-state index in [1.165, 1.54) is 77.0 Å². The number of carbonyl (C=O) groups is 4. The Balaban J connectivity index is 2.29. The maximum absolute atomic E-state index is 12.6. The second kappa shape index (κ2) is 43.4. The summed E-state index contributed by atoms with van der Waals surface area (Å²) in [7, 11) is 0. The zero-order chi connectivity index (χ0) is 45.0. The molecule has 0 aliphatic carbocycles. The zero-order valence-electron chi connectivity index (χ0n) is 40.2. The number of hydrogen-bond acceptors (Lipinski definition) is 10. The van der Waals surface area contributed by atoms with Crippen molar-refractivity contribution in [2.75, 3.05) is 52.7 Å². The van der Waals surface area contributed by atoms with Crippen LogP contribution in [0.25, 0.3) is 0 Å². The van der Waals surface area contributed by atoms with E-state index < -0.39 is 12.1 Å². The minimum Gasteiger partial charge on any atom is -0.465 e. The Bertz CT molecular complexity index is 1140. The number of allylic oxidation sites excluding steroid dienone is 4. The van der Waals surface area contributed by atoms with Gasteiger partial charge in [-0.1, -0.05) is 141 Å². The van der Waals surface area contributed by atoms with E-state index in [1.54, 1.807) is 0 Å². The summed E-state index contributed by atoms with van der Waals surface area (Å²) in [5.41, 5.74) is 0. The highest BCUT2D eigenvalue weighted by Crippen LogP contribution is 2.19. The predicted octanol–water partition coefficient (Wildman–Crippen LogP) is 13.6. The minimum atomic E-state index is -0.764. The van der Waals surface area contributed by atoms with Crippen LogP contribution < -0.4 is 0 Å². The molecular weight excluding hydrogens is 783 g/mol. The van der Waals surface area contributed by atoms with Crippen LogP contribution >= 0.6 is 0 Å². The van der Waals surface area contributed by atoms with Crippen molar-refractivity contribution in [3.63, 3.8) is 0 Å². The van der Waals surface area contributed by atoms with Gasteiger partial charge in [0.15, 0.2) is 0 Å². The highest BCUT2D eigenvalue weighted by Gasteiger charge is 2.19. The van der Waals surface area contributed by atoms with Crippen molar-refractivity contribution in [3.8, 4) is 0 Å². The van der Waals surface area contributed by atoms with Crippen LogP contribution in [0.15, 0.2) is 24.3 Å². The Morgan fingerprint density at radius 3 is 1.44 bits per heavy atom. The maximum atomic E-state index is 12.6. The Hall–Kier alpha value is -2.88. The largest absolute Gasteiger partial charge is 0.508 e. The van der Waals surface area contributed by atoms with E-state index in [-0.39, 0.29) is 44.3 Å². The van der Waals surface area contributed by atoms with Gasteiger partial charge in [0.1, 0.15) is 19.8 Å². The van der Waals surface area contributed by atoms with Crippen LogP contribution in [0.2, 0.25) is 0 Å². The first kappa shape index (κ1) is 57.1. The molecule has 62 heavy (non-hydrogen) atoms. The van der Waals surface area contributed by atoms with Gasteiger partial charge in [0.2, 0.25) is 0 Å². The normalized spacial score (nSPS) is 14.0. The average Bonchev–Trinajstić information content (AvgIpc) is 3.80. The number of carbonyl (C=O) groups excluding carboxylic acids is 4. The molecule has 10 heteroatoms. The summed E-state index contributed by atoms with van der Waals surface area (Å²) in [6, 6.07) is 0. The molecule has 0 bridgehead atoms. The molecule has 1 fully saturated rings. The van der Waals surface area contributed by atoms with Crippen LogP contribution in [0.1, 0.15) is 220 Å². The lowest BCUT2D eigenvalue weighted by molar-refractivity contribution is -0.150. The first-order chi connectivity index (χ1) is 30.4. The number of esters is 3. The first-order valence-corrected chi connectivity index (χ1v) is 25.7. The fraction of sp³-hybridized carbons (Fsp3) is 0.846. The summed E-state index contributed by atoms with van der Waals surface area (Å²) in [4.78, 5) is 52.2. The molecule has 0 amide bonds. The van der Waals surface area contributed by atoms with Crippen molar-refractivity contribution in [1.82, 2.24) is 4.90 Å². The standard InChI is InChI=1S/C52H93NO9/c1-4-7-10-12-13-14-15-16-17-18-19-20-21-24-28-37-50(55)60-44-48(46-62-52(57)58-42-33-41-53-39-31-32-40-53)45-61-51(56)38-30-26-23-22-25-29-36-49(54)59-43-47(34-9-6-3)35-27-11-8-5-2/h13-14,16-17,47-48H,4-12,15,18-46H2,1-3H3/b14-13-,17-16-. The molecule has 2 atom stereocenters. The smallest absolute Gasteiger partial charge is 0.465 e. The van der Waals surface area contributed by atoms with Gasteiger partial charge in [-0.15, -0.1) is 0 Å². The molecule has 1 saturated heterocycles. The molecule has 0 N–H and O–H groups in total. The third-order valence-electron chi connectivity index (χ3n) is 11.7. The fourth-order valence-electron chi connectivity index (χ4n) is 7.66. The van der Waals surface area contributed by atoms with Crippen molar-refractivity contribution >= 4 is 24.1 Å². The number of hydrogen-bond donors (Lipinski definition) is 0. The van der Waals surface area contributed by atoms with Crippen LogP contribution in [0.5, 0.6) is 0 Å². The van der Waals surface area contributed by atoms with Crippen molar-refractivity contribution < 1.29 is 42.9 Å². The number of likely N-dealkylation sites (tertiary alicyclic amines) is 1. The van der Waals surface area contributed by atoms with Crippen molar-refractivity contribution in [2.45, 2.75) is 220 Å². The van der Waals surface area contributed by atoms with E-state index >= 15 is 0 Å².